The van der Waals surface area contributed by atoms with Crippen LogP contribution in [0, 0.1) is 5.92 Å². The van der Waals surface area contributed by atoms with E-state index >= 15 is 0 Å². The number of hydrogen-bond donors (Lipinski definition) is 4. The van der Waals surface area contributed by atoms with Crippen molar-refractivity contribution in [3.63, 3.8) is 0 Å². The molecule has 0 aromatic carbocycles. The molecule has 152 valence electrons. The molecule has 1 aliphatic heterocycles. The summed E-state index contributed by atoms with van der Waals surface area (Å²) in [5.41, 5.74) is 0. The van der Waals surface area contributed by atoms with Crippen molar-refractivity contribution in [2.75, 3.05) is 67.0 Å². The van der Waals surface area contributed by atoms with E-state index in [4.69, 9.17) is 0 Å². The number of likely N-dealkylation sites (N-methyl/N-ethyl adjacent to an activating group) is 1. The molecule has 1 unspecified atom stereocenters. The first-order valence-electron chi connectivity index (χ1n) is 9.71. The van der Waals surface area contributed by atoms with E-state index in [1.807, 2.05) is 21.1 Å². The Balaban J connectivity index is 2.74. The van der Waals surface area contributed by atoms with Gasteiger partial charge in [0, 0.05) is 26.2 Å². The molecular formula is C18H37N5O3. The van der Waals surface area contributed by atoms with E-state index in [1.165, 1.54) is 0 Å². The summed E-state index contributed by atoms with van der Waals surface area (Å²) in [6.07, 6.45) is 3.27. The lowest BCUT2D eigenvalue weighted by Crippen LogP contribution is -2.53. The van der Waals surface area contributed by atoms with E-state index < -0.39 is 6.04 Å². The van der Waals surface area contributed by atoms with Crippen molar-refractivity contribution in [1.82, 2.24) is 25.8 Å². The number of piperidine rings is 1. The third-order valence-electron chi connectivity index (χ3n) is 4.84. The quantitative estimate of drug-likeness (QED) is 0.324. The third kappa shape index (κ3) is 7.99. The number of likely N-dealkylation sites (tertiary alicyclic amines) is 1. The Morgan fingerprint density at radius 2 is 1.96 bits per heavy atom. The summed E-state index contributed by atoms with van der Waals surface area (Å²) in [6.45, 7) is 3.91. The number of carbonyl (C=O) groups is 2. The molecular weight excluding hydrogens is 334 g/mol. The van der Waals surface area contributed by atoms with Crippen LogP contribution in [0.1, 0.15) is 25.7 Å². The average molecular weight is 372 g/mol. The minimum absolute atomic E-state index is 0.0306. The van der Waals surface area contributed by atoms with E-state index in [2.05, 4.69) is 20.9 Å². The highest BCUT2D eigenvalue weighted by atomic mass is 16.3. The molecule has 1 aliphatic rings. The van der Waals surface area contributed by atoms with E-state index in [0.29, 0.717) is 19.5 Å². The number of nitrogens with zero attached hydrogens (tertiary/aromatic N) is 2. The number of aliphatic hydroxyl groups excluding tert-OH is 1. The molecule has 0 spiro atoms. The highest BCUT2D eigenvalue weighted by Gasteiger charge is 2.30. The maximum atomic E-state index is 13.0. The van der Waals surface area contributed by atoms with Gasteiger partial charge in [-0.15, -0.1) is 0 Å². The van der Waals surface area contributed by atoms with Crippen molar-refractivity contribution in [1.29, 1.82) is 0 Å². The monoisotopic (exact) mass is 371 g/mol. The Bertz CT molecular complexity index is 422. The fourth-order valence-electron chi connectivity index (χ4n) is 3.33. The summed E-state index contributed by atoms with van der Waals surface area (Å²) in [7, 11) is 5.72. The Morgan fingerprint density at radius 1 is 1.23 bits per heavy atom. The lowest BCUT2D eigenvalue weighted by atomic mass is 9.96. The van der Waals surface area contributed by atoms with Crippen LogP contribution in [0.25, 0.3) is 0 Å². The van der Waals surface area contributed by atoms with Gasteiger partial charge in [0.1, 0.15) is 6.04 Å². The lowest BCUT2D eigenvalue weighted by Gasteiger charge is -2.31. The Hall–Kier alpha value is -1.22. The first kappa shape index (κ1) is 22.8. The van der Waals surface area contributed by atoms with Gasteiger partial charge < -0.3 is 30.9 Å². The summed E-state index contributed by atoms with van der Waals surface area (Å²) < 4.78 is 0. The molecule has 2 atom stereocenters. The summed E-state index contributed by atoms with van der Waals surface area (Å²) >= 11 is 0. The highest BCUT2D eigenvalue weighted by Crippen LogP contribution is 2.16. The van der Waals surface area contributed by atoms with Crippen LogP contribution < -0.4 is 16.0 Å². The Morgan fingerprint density at radius 3 is 2.58 bits per heavy atom. The number of hydrogen-bond acceptors (Lipinski definition) is 6. The van der Waals surface area contributed by atoms with E-state index in [-0.39, 0.29) is 30.9 Å². The Labute approximate surface area is 157 Å². The van der Waals surface area contributed by atoms with Crippen molar-refractivity contribution in [2.45, 2.75) is 31.7 Å². The van der Waals surface area contributed by atoms with E-state index in [1.54, 1.807) is 4.90 Å². The lowest BCUT2D eigenvalue weighted by molar-refractivity contribution is -0.138. The number of amides is 2. The molecule has 1 saturated heterocycles. The van der Waals surface area contributed by atoms with Gasteiger partial charge in [0.15, 0.2) is 0 Å². The van der Waals surface area contributed by atoms with E-state index in [9.17, 15) is 14.7 Å². The minimum Gasteiger partial charge on any atom is -0.395 e. The van der Waals surface area contributed by atoms with E-state index in [0.717, 1.165) is 38.9 Å². The maximum Gasteiger partial charge on any atom is 0.245 e. The standard InChI is InChI=1S/C18H37N5O3/c1-19-8-4-7-16(18(26)23(12-13-24)11-9-20-2)21-17(25)15-6-5-10-22(3)14-15/h15-16,19-20,24H,4-14H2,1-3H3,(H,21,25)/t15?,16-/m0/s1. The first-order chi connectivity index (χ1) is 12.5. The number of rotatable bonds is 12. The molecule has 8 heteroatoms. The molecule has 0 aliphatic carbocycles. The van der Waals surface area contributed by atoms with Crippen LogP contribution in [0.4, 0.5) is 0 Å². The number of aliphatic hydroxyl groups is 1. The summed E-state index contributed by atoms with van der Waals surface area (Å²) in [6, 6.07) is -0.536. The minimum atomic E-state index is -0.536. The van der Waals surface area contributed by atoms with Crippen LogP contribution in [0.15, 0.2) is 0 Å². The van der Waals surface area contributed by atoms with Crippen LogP contribution in [0.5, 0.6) is 0 Å². The molecule has 0 aromatic rings. The van der Waals surface area contributed by atoms with Crippen molar-refractivity contribution in [2.24, 2.45) is 5.92 Å². The molecule has 4 N–H and O–H groups in total. The number of carbonyl (C=O) groups excluding carboxylic acids is 2. The van der Waals surface area contributed by atoms with Crippen molar-refractivity contribution in [3.05, 3.63) is 0 Å². The fourth-order valence-corrected chi connectivity index (χ4v) is 3.33. The normalized spacial score (nSPS) is 19.2. The number of nitrogens with one attached hydrogen (secondary N) is 3. The van der Waals surface area contributed by atoms with Gasteiger partial charge in [0.2, 0.25) is 11.8 Å². The molecule has 0 bridgehead atoms. The Kier molecular flexibility index (Phi) is 11.4. The summed E-state index contributed by atoms with van der Waals surface area (Å²) in [5.74, 6) is -0.197. The largest absolute Gasteiger partial charge is 0.395 e. The maximum absolute atomic E-state index is 13.0. The van der Waals surface area contributed by atoms with Gasteiger partial charge in [-0.25, -0.2) is 0 Å². The molecule has 1 fully saturated rings. The van der Waals surface area contributed by atoms with Gasteiger partial charge in [-0.2, -0.15) is 0 Å². The van der Waals surface area contributed by atoms with Gasteiger partial charge in [0.05, 0.1) is 12.5 Å². The molecule has 1 rings (SSSR count). The van der Waals surface area contributed by atoms with Crippen LogP contribution in [-0.4, -0.2) is 99.8 Å². The zero-order valence-corrected chi connectivity index (χ0v) is 16.6. The second-order valence-corrected chi connectivity index (χ2v) is 7.06. The van der Waals surface area contributed by atoms with Gasteiger partial charge in [-0.05, 0) is 59.9 Å². The molecule has 0 saturated carbocycles. The molecule has 2 amide bonds. The summed E-state index contributed by atoms with van der Waals surface area (Å²) in [4.78, 5) is 29.5. The predicted octanol–water partition coefficient (Wildman–Crippen LogP) is -1.15. The molecule has 1 heterocycles. The first-order valence-corrected chi connectivity index (χ1v) is 9.71. The third-order valence-corrected chi connectivity index (χ3v) is 4.84. The average Bonchev–Trinajstić information content (AvgIpc) is 2.63. The van der Waals surface area contributed by atoms with Gasteiger partial charge in [0.25, 0.3) is 0 Å². The topological polar surface area (TPSA) is 96.9 Å². The van der Waals surface area contributed by atoms with Crippen molar-refractivity contribution < 1.29 is 14.7 Å². The zero-order valence-electron chi connectivity index (χ0n) is 16.6. The highest BCUT2D eigenvalue weighted by molar-refractivity contribution is 5.88. The van der Waals surface area contributed by atoms with Crippen molar-refractivity contribution in [3.8, 4) is 0 Å². The second-order valence-electron chi connectivity index (χ2n) is 7.06. The SMILES string of the molecule is CNCCC[C@H](NC(=O)C1CCCN(C)C1)C(=O)N(CCO)CCNC. The smallest absolute Gasteiger partial charge is 0.245 e. The summed E-state index contributed by atoms with van der Waals surface area (Å²) in [5, 5.41) is 18.4. The molecule has 0 radical (unpaired) electrons. The van der Waals surface area contributed by atoms with Crippen LogP contribution in [-0.2, 0) is 9.59 Å². The van der Waals surface area contributed by atoms with Crippen LogP contribution >= 0.6 is 0 Å². The molecule has 0 aromatic heterocycles. The van der Waals surface area contributed by atoms with Gasteiger partial charge in [-0.3, -0.25) is 9.59 Å². The fraction of sp³-hybridized carbons (Fsp3) is 0.889. The van der Waals surface area contributed by atoms with Gasteiger partial charge in [-0.1, -0.05) is 0 Å². The van der Waals surface area contributed by atoms with Crippen LogP contribution in [0.3, 0.4) is 0 Å². The van der Waals surface area contributed by atoms with Crippen molar-refractivity contribution >= 4 is 11.8 Å². The zero-order chi connectivity index (χ0) is 19.4. The molecule has 26 heavy (non-hydrogen) atoms. The second kappa shape index (κ2) is 13.0. The predicted molar refractivity (Wildman–Crippen MR) is 103 cm³/mol. The van der Waals surface area contributed by atoms with Crippen LogP contribution in [0.2, 0.25) is 0 Å². The van der Waals surface area contributed by atoms with Gasteiger partial charge >= 0.3 is 0 Å². The molecule has 8 nitrogen and oxygen atoms in total.